The van der Waals surface area contributed by atoms with E-state index in [1.807, 2.05) is 0 Å². The van der Waals surface area contributed by atoms with Gasteiger partial charge in [-0.15, -0.1) is 0 Å². The van der Waals surface area contributed by atoms with Crippen LogP contribution in [0, 0.1) is 0 Å². The lowest BCUT2D eigenvalue weighted by atomic mass is 10.3. The van der Waals surface area contributed by atoms with Crippen molar-refractivity contribution in [2.75, 3.05) is 0 Å². The van der Waals surface area contributed by atoms with Crippen LogP contribution in [0.4, 0.5) is 0 Å². The molecule has 1 aromatic rings. The third-order valence-corrected chi connectivity index (χ3v) is 5.40. The molecule has 1 aromatic carbocycles. The SMILES string of the molecule is O=P(O)(O)OP(=O)(O)OP(=O)(O)Oc1c(O)cc(O)cc1O. The summed E-state index contributed by atoms with van der Waals surface area (Å²) >= 11 is 0. The van der Waals surface area contributed by atoms with Crippen LogP contribution in [0.3, 0.4) is 0 Å². The summed E-state index contributed by atoms with van der Waals surface area (Å²) in [5.74, 6) is -3.84. The molecule has 126 valence electrons. The fraction of sp³-hybridized carbons (Fsp3) is 0. The minimum absolute atomic E-state index is 0.583. The number of phosphoric acid groups is 3. The van der Waals surface area contributed by atoms with Crippen molar-refractivity contribution in [1.29, 1.82) is 0 Å². The van der Waals surface area contributed by atoms with E-state index >= 15 is 0 Å². The van der Waals surface area contributed by atoms with Gasteiger partial charge >= 0.3 is 23.5 Å². The van der Waals surface area contributed by atoms with Crippen molar-refractivity contribution in [3.05, 3.63) is 12.1 Å². The second kappa shape index (κ2) is 6.17. The smallest absolute Gasteiger partial charge is 0.508 e. The van der Waals surface area contributed by atoms with Crippen LogP contribution in [0.2, 0.25) is 0 Å². The van der Waals surface area contributed by atoms with Gasteiger partial charge in [0.05, 0.1) is 0 Å². The molecule has 0 aromatic heterocycles. The van der Waals surface area contributed by atoms with Gasteiger partial charge in [0.1, 0.15) is 5.75 Å². The number of phenols is 3. The van der Waals surface area contributed by atoms with E-state index in [-0.39, 0.29) is 0 Å². The van der Waals surface area contributed by atoms with Crippen LogP contribution in [-0.2, 0) is 22.3 Å². The number of benzene rings is 1. The average Bonchev–Trinajstić information content (AvgIpc) is 2.17. The molecule has 0 saturated heterocycles. The lowest BCUT2D eigenvalue weighted by Crippen LogP contribution is -1.99. The number of hydrogen-bond acceptors (Lipinski definition) is 9. The molecule has 0 aliphatic rings. The maximum absolute atomic E-state index is 11.4. The van der Waals surface area contributed by atoms with E-state index in [9.17, 15) is 28.8 Å². The Bertz CT molecular complexity index is 683. The molecular weight excluding hydrogens is 373 g/mol. The number of phosphoric ester groups is 1. The molecule has 0 radical (unpaired) electrons. The van der Waals surface area contributed by atoms with E-state index in [1.54, 1.807) is 0 Å². The van der Waals surface area contributed by atoms with Gasteiger partial charge < -0.3 is 34.5 Å². The van der Waals surface area contributed by atoms with Crippen molar-refractivity contribution in [3.63, 3.8) is 0 Å². The van der Waals surface area contributed by atoms with E-state index in [0.29, 0.717) is 12.1 Å². The summed E-state index contributed by atoms with van der Waals surface area (Å²) < 4.78 is 43.8. The molecular formula is C6H9O13P3. The summed E-state index contributed by atoms with van der Waals surface area (Å²) in [5.41, 5.74) is 0. The molecule has 16 heteroatoms. The normalized spacial score (nSPS) is 17.5. The van der Waals surface area contributed by atoms with Crippen molar-refractivity contribution in [3.8, 4) is 23.0 Å². The summed E-state index contributed by atoms with van der Waals surface area (Å²) in [5, 5.41) is 27.6. The largest absolute Gasteiger partial charge is 0.536 e. The molecule has 0 saturated carbocycles. The van der Waals surface area contributed by atoms with Crippen molar-refractivity contribution < 1.29 is 61.7 Å². The van der Waals surface area contributed by atoms with Crippen LogP contribution < -0.4 is 4.52 Å². The Balaban J connectivity index is 3.00. The van der Waals surface area contributed by atoms with Gasteiger partial charge in [0.2, 0.25) is 5.75 Å². The highest BCUT2D eigenvalue weighted by atomic mass is 31.3. The molecule has 0 bridgehead atoms. The molecule has 13 nitrogen and oxygen atoms in total. The van der Waals surface area contributed by atoms with E-state index < -0.39 is 46.5 Å². The first-order valence-corrected chi connectivity index (χ1v) is 9.31. The van der Waals surface area contributed by atoms with Crippen LogP contribution in [0.5, 0.6) is 23.0 Å². The van der Waals surface area contributed by atoms with E-state index in [1.165, 1.54) is 0 Å². The summed E-state index contributed by atoms with van der Waals surface area (Å²) in [6.07, 6.45) is 0. The zero-order valence-electron chi connectivity index (χ0n) is 10.1. The maximum Gasteiger partial charge on any atom is 0.536 e. The molecule has 2 unspecified atom stereocenters. The van der Waals surface area contributed by atoms with Gasteiger partial charge in [-0.2, -0.15) is 8.62 Å². The minimum Gasteiger partial charge on any atom is -0.508 e. The Morgan fingerprint density at radius 2 is 1.23 bits per heavy atom. The van der Waals surface area contributed by atoms with Crippen molar-refractivity contribution in [1.82, 2.24) is 0 Å². The summed E-state index contributed by atoms with van der Waals surface area (Å²) in [7, 11) is -16.8. The van der Waals surface area contributed by atoms with Crippen LogP contribution in [0.15, 0.2) is 12.1 Å². The van der Waals surface area contributed by atoms with Crippen molar-refractivity contribution >= 4 is 23.5 Å². The summed E-state index contributed by atoms with van der Waals surface area (Å²) in [6.45, 7) is 0. The van der Waals surface area contributed by atoms with Gasteiger partial charge in [-0.3, -0.25) is 4.89 Å². The minimum atomic E-state index is -5.73. The Morgan fingerprint density at radius 1 is 0.773 bits per heavy atom. The standard InChI is InChI=1S/C6H9O13P3/c7-3-1-4(8)6(5(9)2-3)17-21(13,14)19-22(15,16)18-20(10,11)12/h1-2,7-9H,(H,13,14)(H,15,16)(H2,10,11,12). The Morgan fingerprint density at radius 3 is 1.64 bits per heavy atom. The molecule has 0 aliphatic carbocycles. The van der Waals surface area contributed by atoms with Gasteiger partial charge in [-0.25, -0.2) is 13.7 Å². The molecule has 0 heterocycles. The third kappa shape index (κ3) is 5.93. The monoisotopic (exact) mass is 382 g/mol. The van der Waals surface area contributed by atoms with Gasteiger partial charge in [-0.05, 0) is 0 Å². The van der Waals surface area contributed by atoms with Crippen LogP contribution >= 0.6 is 23.5 Å². The number of rotatable bonds is 6. The second-order valence-electron chi connectivity index (χ2n) is 3.50. The van der Waals surface area contributed by atoms with Crippen molar-refractivity contribution in [2.45, 2.75) is 0 Å². The second-order valence-corrected chi connectivity index (χ2v) is 7.84. The van der Waals surface area contributed by atoms with Gasteiger partial charge in [-0.1, -0.05) is 0 Å². The van der Waals surface area contributed by atoms with E-state index in [2.05, 4.69) is 13.1 Å². The predicted molar refractivity (Wildman–Crippen MR) is 65.9 cm³/mol. The van der Waals surface area contributed by atoms with Crippen LogP contribution in [-0.4, -0.2) is 34.9 Å². The van der Waals surface area contributed by atoms with Crippen LogP contribution in [0.1, 0.15) is 0 Å². The lowest BCUT2D eigenvalue weighted by molar-refractivity contribution is 0.204. The molecule has 0 aliphatic heterocycles. The van der Waals surface area contributed by atoms with E-state index in [0.717, 1.165) is 0 Å². The number of hydrogen-bond donors (Lipinski definition) is 7. The highest BCUT2D eigenvalue weighted by Gasteiger charge is 2.42. The first kappa shape index (κ1) is 18.9. The first-order chi connectivity index (χ1) is 9.71. The predicted octanol–water partition coefficient (Wildman–Crippen LogP) is 0.509. The topological polar surface area (TPSA) is 221 Å². The molecule has 0 amide bonds. The highest BCUT2D eigenvalue weighted by Crippen LogP contribution is 2.66. The Kier molecular flexibility index (Phi) is 5.30. The lowest BCUT2D eigenvalue weighted by Gasteiger charge is -2.17. The van der Waals surface area contributed by atoms with E-state index in [4.69, 9.17) is 19.8 Å². The third-order valence-electron chi connectivity index (χ3n) is 1.66. The summed E-state index contributed by atoms with van der Waals surface area (Å²) in [6, 6.07) is 1.17. The van der Waals surface area contributed by atoms with Crippen LogP contribution in [0.25, 0.3) is 0 Å². The average molecular weight is 382 g/mol. The van der Waals surface area contributed by atoms with Gasteiger partial charge in [0, 0.05) is 12.1 Å². The fourth-order valence-corrected chi connectivity index (χ4v) is 4.15. The Hall–Kier alpha value is -1.13. The number of aromatic hydroxyl groups is 3. The van der Waals surface area contributed by atoms with Gasteiger partial charge in [0.25, 0.3) is 0 Å². The zero-order chi connectivity index (χ0) is 17.3. The zero-order valence-corrected chi connectivity index (χ0v) is 12.8. The highest BCUT2D eigenvalue weighted by molar-refractivity contribution is 7.66. The summed E-state index contributed by atoms with van der Waals surface area (Å²) in [4.78, 5) is 34.7. The molecule has 22 heavy (non-hydrogen) atoms. The molecule has 1 rings (SSSR count). The molecule has 2 atom stereocenters. The fourth-order valence-electron chi connectivity index (χ4n) is 1.09. The maximum atomic E-state index is 11.4. The molecule has 0 fully saturated rings. The number of phenolic OH excluding ortho intramolecular Hbond substituents is 3. The Labute approximate surface area is 121 Å². The van der Waals surface area contributed by atoms with Gasteiger partial charge in [0.15, 0.2) is 11.5 Å². The molecule has 0 spiro atoms. The van der Waals surface area contributed by atoms with Crippen molar-refractivity contribution in [2.24, 2.45) is 0 Å². The first-order valence-electron chi connectivity index (χ1n) is 4.79. The quantitative estimate of drug-likeness (QED) is 0.334. The molecule has 7 N–H and O–H groups in total.